The first-order valence-electron chi connectivity index (χ1n) is 4.46. The summed E-state index contributed by atoms with van der Waals surface area (Å²) in [6.07, 6.45) is 0. The van der Waals surface area contributed by atoms with Crippen LogP contribution >= 0.6 is 15.9 Å². The van der Waals surface area contributed by atoms with Crippen molar-refractivity contribution in [2.45, 2.75) is 13.8 Å². The zero-order chi connectivity index (χ0) is 10.3. The largest absolute Gasteiger partial charge is 0.495 e. The number of aromatic amines is 1. The fraction of sp³-hybridized carbons (Fsp3) is 0.273. The predicted molar refractivity (Wildman–Crippen MR) is 62.0 cm³/mol. The van der Waals surface area contributed by atoms with E-state index in [9.17, 15) is 0 Å². The molecular weight excluding hydrogens is 242 g/mol. The quantitative estimate of drug-likeness (QED) is 0.826. The van der Waals surface area contributed by atoms with Gasteiger partial charge in [0.05, 0.1) is 11.6 Å². The molecule has 1 aromatic heterocycles. The standard InChI is InChI=1S/C11H12BrNO/c1-6-7(2)13-9-5-4-8(12)11(14-3)10(6)9/h4-5,13H,1-3H3. The average Bonchev–Trinajstić information content (AvgIpc) is 2.45. The van der Waals surface area contributed by atoms with Crippen molar-refractivity contribution in [1.82, 2.24) is 4.98 Å². The van der Waals surface area contributed by atoms with Crippen LogP contribution in [-0.2, 0) is 0 Å². The lowest BCUT2D eigenvalue weighted by molar-refractivity contribution is 0.417. The third-order valence-electron chi connectivity index (χ3n) is 2.57. The van der Waals surface area contributed by atoms with E-state index in [0.717, 1.165) is 15.7 Å². The molecule has 1 heterocycles. The van der Waals surface area contributed by atoms with Gasteiger partial charge in [0.1, 0.15) is 5.75 Å². The highest BCUT2D eigenvalue weighted by atomic mass is 79.9. The van der Waals surface area contributed by atoms with Gasteiger partial charge in [-0.25, -0.2) is 0 Å². The van der Waals surface area contributed by atoms with E-state index >= 15 is 0 Å². The van der Waals surface area contributed by atoms with E-state index in [1.165, 1.54) is 16.6 Å². The van der Waals surface area contributed by atoms with E-state index in [1.807, 2.05) is 6.07 Å². The second kappa shape index (κ2) is 3.31. The minimum Gasteiger partial charge on any atom is -0.495 e. The molecule has 0 saturated heterocycles. The van der Waals surface area contributed by atoms with E-state index in [1.54, 1.807) is 7.11 Å². The van der Waals surface area contributed by atoms with Gasteiger partial charge < -0.3 is 9.72 Å². The number of H-pyrrole nitrogens is 1. The van der Waals surface area contributed by atoms with Crippen LogP contribution in [0.4, 0.5) is 0 Å². The van der Waals surface area contributed by atoms with Crippen LogP contribution in [0.3, 0.4) is 0 Å². The zero-order valence-electron chi connectivity index (χ0n) is 8.44. The molecule has 0 saturated carbocycles. The summed E-state index contributed by atoms with van der Waals surface area (Å²) in [5, 5.41) is 1.17. The van der Waals surface area contributed by atoms with Crippen LogP contribution in [0.5, 0.6) is 5.75 Å². The summed E-state index contributed by atoms with van der Waals surface area (Å²) >= 11 is 3.48. The van der Waals surface area contributed by atoms with Crippen LogP contribution in [0.2, 0.25) is 0 Å². The van der Waals surface area contributed by atoms with Gasteiger partial charge in [0, 0.05) is 16.6 Å². The molecule has 74 valence electrons. The highest BCUT2D eigenvalue weighted by molar-refractivity contribution is 9.10. The molecule has 2 rings (SSSR count). The first kappa shape index (κ1) is 9.59. The van der Waals surface area contributed by atoms with Crippen molar-refractivity contribution in [3.8, 4) is 5.75 Å². The first-order valence-corrected chi connectivity index (χ1v) is 5.26. The van der Waals surface area contributed by atoms with Crippen molar-refractivity contribution in [2.75, 3.05) is 7.11 Å². The highest BCUT2D eigenvalue weighted by Gasteiger charge is 2.11. The number of hydrogen-bond donors (Lipinski definition) is 1. The maximum atomic E-state index is 5.39. The maximum Gasteiger partial charge on any atom is 0.142 e. The highest BCUT2D eigenvalue weighted by Crippen LogP contribution is 2.36. The minimum absolute atomic E-state index is 0.907. The molecule has 1 N–H and O–H groups in total. The molecule has 0 aliphatic rings. The van der Waals surface area contributed by atoms with Gasteiger partial charge in [-0.05, 0) is 47.5 Å². The summed E-state index contributed by atoms with van der Waals surface area (Å²) < 4.78 is 6.38. The van der Waals surface area contributed by atoms with Gasteiger partial charge in [0.15, 0.2) is 0 Å². The number of ether oxygens (including phenoxy) is 1. The molecule has 0 spiro atoms. The number of benzene rings is 1. The van der Waals surface area contributed by atoms with Crippen molar-refractivity contribution in [1.29, 1.82) is 0 Å². The van der Waals surface area contributed by atoms with Crippen LogP contribution in [-0.4, -0.2) is 12.1 Å². The van der Waals surface area contributed by atoms with Crippen LogP contribution in [0, 0.1) is 13.8 Å². The fourth-order valence-electron chi connectivity index (χ4n) is 1.72. The number of aromatic nitrogens is 1. The third kappa shape index (κ3) is 1.23. The number of rotatable bonds is 1. The third-order valence-corrected chi connectivity index (χ3v) is 3.20. The Hall–Kier alpha value is -0.960. The molecule has 0 fully saturated rings. The van der Waals surface area contributed by atoms with Crippen molar-refractivity contribution < 1.29 is 4.74 Å². The molecule has 0 aliphatic heterocycles. The molecule has 0 radical (unpaired) electrons. The summed E-state index contributed by atoms with van der Waals surface area (Å²) in [6.45, 7) is 4.17. The number of methoxy groups -OCH3 is 1. The van der Waals surface area contributed by atoms with Crippen LogP contribution < -0.4 is 4.74 Å². The molecule has 0 atom stereocenters. The summed E-state index contributed by atoms with van der Waals surface area (Å²) in [5.41, 5.74) is 3.56. The average molecular weight is 254 g/mol. The van der Waals surface area contributed by atoms with E-state index in [-0.39, 0.29) is 0 Å². The molecule has 0 amide bonds. The summed E-state index contributed by atoms with van der Waals surface area (Å²) in [5.74, 6) is 0.907. The lowest BCUT2D eigenvalue weighted by atomic mass is 10.1. The SMILES string of the molecule is COc1c(Br)ccc2[nH]c(C)c(C)c12. The Kier molecular flexibility index (Phi) is 2.27. The second-order valence-electron chi connectivity index (χ2n) is 3.38. The van der Waals surface area contributed by atoms with Crippen LogP contribution in [0.15, 0.2) is 16.6 Å². The second-order valence-corrected chi connectivity index (χ2v) is 4.23. The monoisotopic (exact) mass is 253 g/mol. The Morgan fingerprint density at radius 2 is 2.00 bits per heavy atom. The van der Waals surface area contributed by atoms with E-state index in [0.29, 0.717) is 0 Å². The summed E-state index contributed by atoms with van der Waals surface area (Å²) in [6, 6.07) is 4.05. The molecule has 0 unspecified atom stereocenters. The minimum atomic E-state index is 0.907. The number of aryl methyl sites for hydroxylation is 2. The number of nitrogens with one attached hydrogen (secondary N) is 1. The predicted octanol–water partition coefficient (Wildman–Crippen LogP) is 3.56. The summed E-state index contributed by atoms with van der Waals surface area (Å²) in [4.78, 5) is 3.33. The topological polar surface area (TPSA) is 25.0 Å². The lowest BCUT2D eigenvalue weighted by Gasteiger charge is -2.05. The Labute approximate surface area is 91.4 Å². The zero-order valence-corrected chi connectivity index (χ0v) is 10.0. The van der Waals surface area contributed by atoms with Gasteiger partial charge >= 0.3 is 0 Å². The van der Waals surface area contributed by atoms with Gasteiger partial charge in [-0.3, -0.25) is 0 Å². The molecule has 1 aromatic carbocycles. The maximum absolute atomic E-state index is 5.39. The molecule has 0 aliphatic carbocycles. The van der Waals surface area contributed by atoms with E-state index in [4.69, 9.17) is 4.74 Å². The van der Waals surface area contributed by atoms with Gasteiger partial charge in [-0.1, -0.05) is 0 Å². The molecule has 0 bridgehead atoms. The number of hydrogen-bond acceptors (Lipinski definition) is 1. The van der Waals surface area contributed by atoms with Crippen molar-refractivity contribution in [3.63, 3.8) is 0 Å². The molecule has 3 heteroatoms. The van der Waals surface area contributed by atoms with Crippen molar-refractivity contribution in [3.05, 3.63) is 27.9 Å². The molecule has 2 nitrogen and oxygen atoms in total. The van der Waals surface area contributed by atoms with Crippen molar-refractivity contribution >= 4 is 26.8 Å². The smallest absolute Gasteiger partial charge is 0.142 e. The van der Waals surface area contributed by atoms with E-state index in [2.05, 4.69) is 40.8 Å². The first-order chi connectivity index (χ1) is 6.65. The number of halogens is 1. The Balaban J connectivity index is 2.91. The van der Waals surface area contributed by atoms with Gasteiger partial charge in [-0.2, -0.15) is 0 Å². The van der Waals surface area contributed by atoms with E-state index < -0.39 is 0 Å². The Morgan fingerprint density at radius 1 is 1.29 bits per heavy atom. The fourth-order valence-corrected chi connectivity index (χ4v) is 2.21. The van der Waals surface area contributed by atoms with Gasteiger partial charge in [0.2, 0.25) is 0 Å². The normalized spacial score (nSPS) is 10.9. The molecular formula is C11H12BrNO. The molecule has 2 aromatic rings. The Morgan fingerprint density at radius 3 is 2.64 bits per heavy atom. The lowest BCUT2D eigenvalue weighted by Crippen LogP contribution is -1.86. The van der Waals surface area contributed by atoms with Crippen LogP contribution in [0.25, 0.3) is 10.9 Å². The Bertz CT molecular complexity index is 487. The molecule has 14 heavy (non-hydrogen) atoms. The van der Waals surface area contributed by atoms with Crippen molar-refractivity contribution in [2.24, 2.45) is 0 Å². The number of fused-ring (bicyclic) bond motifs is 1. The van der Waals surface area contributed by atoms with Crippen LogP contribution in [0.1, 0.15) is 11.3 Å². The van der Waals surface area contributed by atoms with Gasteiger partial charge in [0.25, 0.3) is 0 Å². The van der Waals surface area contributed by atoms with Gasteiger partial charge in [-0.15, -0.1) is 0 Å². The summed E-state index contributed by atoms with van der Waals surface area (Å²) in [7, 11) is 1.70.